The first kappa shape index (κ1) is 15.0. The van der Waals surface area contributed by atoms with Gasteiger partial charge in [0.2, 0.25) is 5.76 Å². The van der Waals surface area contributed by atoms with Crippen LogP contribution < -0.4 is 5.73 Å². The maximum atomic E-state index is 12.5. The molecule has 1 aromatic heterocycles. The summed E-state index contributed by atoms with van der Waals surface area (Å²) < 4.78 is 5.28. The fourth-order valence-electron chi connectivity index (χ4n) is 2.94. The van der Waals surface area contributed by atoms with E-state index < -0.39 is 0 Å². The van der Waals surface area contributed by atoms with Gasteiger partial charge >= 0.3 is 0 Å². The van der Waals surface area contributed by atoms with Crippen molar-refractivity contribution < 1.29 is 9.32 Å². The summed E-state index contributed by atoms with van der Waals surface area (Å²) in [4.78, 5) is 14.4. The summed E-state index contributed by atoms with van der Waals surface area (Å²) in [5, 5.41) is 4.07. The van der Waals surface area contributed by atoms with Crippen molar-refractivity contribution >= 4 is 5.91 Å². The van der Waals surface area contributed by atoms with Crippen LogP contribution in [-0.2, 0) is 0 Å². The van der Waals surface area contributed by atoms with Crippen molar-refractivity contribution in [2.45, 2.75) is 57.9 Å². The van der Waals surface area contributed by atoms with Crippen molar-refractivity contribution in [1.29, 1.82) is 0 Å². The first-order valence-electron chi connectivity index (χ1n) is 7.68. The van der Waals surface area contributed by atoms with Gasteiger partial charge in [-0.2, -0.15) is 0 Å². The molecule has 0 aliphatic carbocycles. The minimum absolute atomic E-state index is 0.0649. The molecule has 1 aliphatic heterocycles. The Bertz CT molecular complexity index is 440. The highest BCUT2D eigenvalue weighted by Crippen LogP contribution is 2.24. The van der Waals surface area contributed by atoms with Crippen LogP contribution in [0.25, 0.3) is 0 Å². The molecular weight excluding hydrogens is 254 g/mol. The third-order valence-corrected chi connectivity index (χ3v) is 4.30. The summed E-state index contributed by atoms with van der Waals surface area (Å²) in [6.07, 6.45) is 5.17. The summed E-state index contributed by atoms with van der Waals surface area (Å²) in [6.45, 7) is 5.53. The number of hydrogen-bond donors (Lipinski definition) is 1. The fourth-order valence-corrected chi connectivity index (χ4v) is 2.94. The zero-order valence-corrected chi connectivity index (χ0v) is 12.5. The fraction of sp³-hybridized carbons (Fsp3) is 0.733. The Morgan fingerprint density at radius 3 is 2.90 bits per heavy atom. The smallest absolute Gasteiger partial charge is 0.292 e. The van der Waals surface area contributed by atoms with Crippen LogP contribution in [-0.4, -0.2) is 35.1 Å². The molecule has 5 heteroatoms. The van der Waals surface area contributed by atoms with E-state index in [1.165, 1.54) is 0 Å². The third kappa shape index (κ3) is 3.03. The van der Waals surface area contributed by atoms with Crippen LogP contribution in [0, 0.1) is 0 Å². The van der Waals surface area contributed by atoms with E-state index >= 15 is 0 Å². The number of likely N-dealkylation sites (tertiary alicyclic amines) is 1. The number of aromatic nitrogens is 1. The van der Waals surface area contributed by atoms with Crippen LogP contribution in [0.4, 0.5) is 0 Å². The molecule has 1 saturated heterocycles. The average Bonchev–Trinajstić information content (AvgIpc) is 2.97. The minimum Gasteiger partial charge on any atom is -0.351 e. The van der Waals surface area contributed by atoms with Crippen LogP contribution in [0.3, 0.4) is 0 Å². The lowest BCUT2D eigenvalue weighted by Crippen LogP contribution is -2.47. The second-order valence-corrected chi connectivity index (χ2v) is 5.51. The maximum Gasteiger partial charge on any atom is 0.292 e. The molecule has 1 amide bonds. The van der Waals surface area contributed by atoms with Crippen molar-refractivity contribution in [3.05, 3.63) is 17.5 Å². The topological polar surface area (TPSA) is 72.4 Å². The van der Waals surface area contributed by atoms with Crippen LogP contribution >= 0.6 is 0 Å². The summed E-state index contributed by atoms with van der Waals surface area (Å²) >= 11 is 0. The molecule has 0 saturated carbocycles. The van der Waals surface area contributed by atoms with Gasteiger partial charge in [-0.05, 0) is 32.1 Å². The first-order valence-corrected chi connectivity index (χ1v) is 7.68. The largest absolute Gasteiger partial charge is 0.351 e. The first-order chi connectivity index (χ1) is 9.71. The van der Waals surface area contributed by atoms with Crippen molar-refractivity contribution in [2.75, 3.05) is 13.1 Å². The SMILES string of the molecule is CCC(CC)c1cc(C(=O)N2CCCCC2CN)on1. The van der Waals surface area contributed by atoms with Gasteiger partial charge in [0.25, 0.3) is 5.91 Å². The van der Waals surface area contributed by atoms with E-state index in [1.807, 2.05) is 11.0 Å². The standard InChI is InChI=1S/C15H25N3O2/c1-3-11(4-2)13-9-14(20-17-13)15(19)18-8-6-5-7-12(18)10-16/h9,11-12H,3-8,10,16H2,1-2H3. The Hall–Kier alpha value is -1.36. The molecule has 1 fully saturated rings. The Kier molecular flexibility index (Phi) is 5.17. The van der Waals surface area contributed by atoms with Gasteiger partial charge < -0.3 is 15.2 Å². The Labute approximate surface area is 120 Å². The molecule has 112 valence electrons. The van der Waals surface area contributed by atoms with Gasteiger partial charge in [0.15, 0.2) is 0 Å². The summed E-state index contributed by atoms with van der Waals surface area (Å²) in [5.74, 6) is 0.657. The van der Waals surface area contributed by atoms with E-state index in [4.69, 9.17) is 10.3 Å². The summed E-state index contributed by atoms with van der Waals surface area (Å²) in [7, 11) is 0. The van der Waals surface area contributed by atoms with Gasteiger partial charge in [-0.1, -0.05) is 19.0 Å². The number of hydrogen-bond acceptors (Lipinski definition) is 4. The highest BCUT2D eigenvalue weighted by Gasteiger charge is 2.29. The number of amides is 1. The van der Waals surface area contributed by atoms with Gasteiger partial charge in [-0.25, -0.2) is 0 Å². The van der Waals surface area contributed by atoms with E-state index in [9.17, 15) is 4.79 Å². The second-order valence-electron chi connectivity index (χ2n) is 5.51. The maximum absolute atomic E-state index is 12.5. The van der Waals surface area contributed by atoms with Gasteiger partial charge in [0.1, 0.15) is 0 Å². The lowest BCUT2D eigenvalue weighted by atomic mass is 9.99. The summed E-state index contributed by atoms with van der Waals surface area (Å²) in [5.41, 5.74) is 6.65. The lowest BCUT2D eigenvalue weighted by Gasteiger charge is -2.34. The molecule has 0 radical (unpaired) electrons. The number of carbonyl (C=O) groups is 1. The number of carbonyl (C=O) groups excluding carboxylic acids is 1. The van der Waals surface area contributed by atoms with Gasteiger partial charge in [-0.15, -0.1) is 0 Å². The van der Waals surface area contributed by atoms with Crippen molar-refractivity contribution in [1.82, 2.24) is 10.1 Å². The molecule has 1 atom stereocenters. The van der Waals surface area contributed by atoms with Gasteiger partial charge in [-0.3, -0.25) is 4.79 Å². The molecule has 0 spiro atoms. The van der Waals surface area contributed by atoms with Crippen molar-refractivity contribution in [3.8, 4) is 0 Å². The molecule has 0 aromatic carbocycles. The van der Waals surface area contributed by atoms with E-state index in [2.05, 4.69) is 19.0 Å². The highest BCUT2D eigenvalue weighted by atomic mass is 16.5. The lowest BCUT2D eigenvalue weighted by molar-refractivity contribution is 0.0581. The molecule has 1 aromatic rings. The van der Waals surface area contributed by atoms with Crippen molar-refractivity contribution in [3.63, 3.8) is 0 Å². The van der Waals surface area contributed by atoms with E-state index in [0.29, 0.717) is 18.2 Å². The molecule has 0 bridgehead atoms. The molecule has 2 rings (SSSR count). The van der Waals surface area contributed by atoms with Crippen LogP contribution in [0.1, 0.15) is 68.1 Å². The highest BCUT2D eigenvalue weighted by molar-refractivity contribution is 5.91. The average molecular weight is 279 g/mol. The monoisotopic (exact) mass is 279 g/mol. The number of rotatable bonds is 5. The van der Waals surface area contributed by atoms with Gasteiger partial charge in [0, 0.05) is 31.1 Å². The minimum atomic E-state index is -0.0649. The quantitative estimate of drug-likeness (QED) is 0.899. The molecule has 2 heterocycles. The predicted octanol–water partition coefficient (Wildman–Crippen LogP) is 2.53. The molecule has 20 heavy (non-hydrogen) atoms. The zero-order valence-electron chi connectivity index (χ0n) is 12.5. The third-order valence-electron chi connectivity index (χ3n) is 4.30. The molecular formula is C15H25N3O2. The summed E-state index contributed by atoms with van der Waals surface area (Å²) in [6, 6.07) is 1.94. The molecule has 1 aliphatic rings. The number of nitrogens with zero attached hydrogens (tertiary/aromatic N) is 2. The molecule has 5 nitrogen and oxygen atoms in total. The normalized spacial score (nSPS) is 19.6. The number of piperidine rings is 1. The predicted molar refractivity (Wildman–Crippen MR) is 77.6 cm³/mol. The van der Waals surface area contributed by atoms with E-state index in [0.717, 1.165) is 44.3 Å². The van der Waals surface area contributed by atoms with Crippen LogP contribution in [0.5, 0.6) is 0 Å². The number of nitrogens with two attached hydrogens (primary N) is 1. The molecule has 2 N–H and O–H groups in total. The van der Waals surface area contributed by atoms with Crippen LogP contribution in [0.2, 0.25) is 0 Å². The van der Waals surface area contributed by atoms with Crippen molar-refractivity contribution in [2.24, 2.45) is 5.73 Å². The van der Waals surface area contributed by atoms with Gasteiger partial charge in [0.05, 0.1) is 5.69 Å². The zero-order chi connectivity index (χ0) is 14.5. The van der Waals surface area contributed by atoms with E-state index in [1.54, 1.807) is 0 Å². The Balaban J connectivity index is 2.12. The Morgan fingerprint density at radius 1 is 1.50 bits per heavy atom. The van der Waals surface area contributed by atoms with Crippen LogP contribution in [0.15, 0.2) is 10.6 Å². The second kappa shape index (κ2) is 6.88. The van der Waals surface area contributed by atoms with E-state index in [-0.39, 0.29) is 11.9 Å². The molecule has 1 unspecified atom stereocenters. The Morgan fingerprint density at radius 2 is 2.25 bits per heavy atom.